The summed E-state index contributed by atoms with van der Waals surface area (Å²) in [6, 6.07) is 0.840. The van der Waals surface area contributed by atoms with Gasteiger partial charge in [-0.1, -0.05) is 0 Å². The number of carbonyl (C=O) groups is 2. The second-order valence-corrected chi connectivity index (χ2v) is 6.49. The Hall–Kier alpha value is -1.74. The lowest BCUT2D eigenvalue weighted by Crippen LogP contribution is -2.37. The third-order valence-corrected chi connectivity index (χ3v) is 4.63. The number of rotatable bonds is 6. The number of thiophene rings is 1. The molecule has 1 aromatic rings. The Bertz CT molecular complexity index is 592. The summed E-state index contributed by atoms with van der Waals surface area (Å²) in [6.45, 7) is -1.13. The van der Waals surface area contributed by atoms with E-state index in [-0.39, 0.29) is 29.7 Å². The van der Waals surface area contributed by atoms with Crippen LogP contribution in [0.25, 0.3) is 0 Å². The molecule has 2 atom stereocenters. The van der Waals surface area contributed by atoms with Gasteiger partial charge in [0.1, 0.15) is 10.6 Å². The first-order valence-corrected chi connectivity index (χ1v) is 7.74. The average molecular weight is 349 g/mol. The Morgan fingerprint density at radius 2 is 2.22 bits per heavy atom. The molecule has 2 heterocycles. The fraction of sp³-hybridized carbons (Fsp3) is 0.571. The van der Waals surface area contributed by atoms with Crippen molar-refractivity contribution < 1.29 is 33.0 Å². The molecule has 2 rings (SSSR count). The number of nitrogens with zero attached hydrogens (tertiary/aromatic N) is 1. The number of carbonyl (C=O) groups excluding carboxylic acids is 1. The molecule has 1 aromatic heterocycles. The van der Waals surface area contributed by atoms with E-state index in [2.05, 4.69) is 4.74 Å². The molecule has 1 aliphatic heterocycles. The van der Waals surface area contributed by atoms with Gasteiger partial charge >= 0.3 is 12.6 Å². The maximum absolute atomic E-state index is 12.7. The molecular formula is C14H17F2NO5S. The highest BCUT2D eigenvalue weighted by molar-refractivity contribution is 7.14. The number of carboxylic acid groups (broad SMARTS) is 1. The predicted octanol–water partition coefficient (Wildman–Crippen LogP) is 2.36. The van der Waals surface area contributed by atoms with Crippen LogP contribution < -0.4 is 4.74 Å². The molecule has 1 saturated heterocycles. The highest BCUT2D eigenvalue weighted by atomic mass is 32.1. The van der Waals surface area contributed by atoms with Crippen LogP contribution in [0.5, 0.6) is 5.75 Å². The Labute approximate surface area is 135 Å². The van der Waals surface area contributed by atoms with Crippen molar-refractivity contribution in [2.24, 2.45) is 0 Å². The fourth-order valence-electron chi connectivity index (χ4n) is 2.64. The van der Waals surface area contributed by atoms with Gasteiger partial charge in [-0.05, 0) is 19.4 Å². The van der Waals surface area contributed by atoms with E-state index in [1.165, 1.54) is 18.1 Å². The number of amides is 1. The highest BCUT2D eigenvalue weighted by Crippen LogP contribution is 2.34. The van der Waals surface area contributed by atoms with E-state index in [9.17, 15) is 18.4 Å². The monoisotopic (exact) mass is 349 g/mol. The normalized spacial score (nSPS) is 21.0. The lowest BCUT2D eigenvalue weighted by atomic mass is 10.1. The maximum atomic E-state index is 12.7. The van der Waals surface area contributed by atoms with Gasteiger partial charge in [0.25, 0.3) is 5.91 Å². The maximum Gasteiger partial charge on any atom is 0.387 e. The lowest BCUT2D eigenvalue weighted by Gasteiger charge is -2.23. The average Bonchev–Trinajstić information content (AvgIpc) is 3.00. The van der Waals surface area contributed by atoms with E-state index < -0.39 is 24.5 Å². The summed E-state index contributed by atoms with van der Waals surface area (Å²) in [5, 5.41) is 8.98. The van der Waals surface area contributed by atoms with Crippen LogP contribution >= 0.6 is 11.3 Å². The molecule has 0 aromatic carbocycles. The van der Waals surface area contributed by atoms with E-state index in [1.807, 2.05) is 0 Å². The SMILES string of the molecule is COC1CC(CC(=O)O)N(C(=O)c2sc(C)cc2OC(F)F)C1. The van der Waals surface area contributed by atoms with Gasteiger partial charge in [-0.3, -0.25) is 9.59 Å². The largest absolute Gasteiger partial charge is 0.481 e. The number of carboxylic acids is 1. The lowest BCUT2D eigenvalue weighted by molar-refractivity contribution is -0.138. The minimum atomic E-state index is -3.03. The van der Waals surface area contributed by atoms with Crippen molar-refractivity contribution in [1.29, 1.82) is 0 Å². The molecular weight excluding hydrogens is 332 g/mol. The van der Waals surface area contributed by atoms with Gasteiger partial charge in [-0.15, -0.1) is 11.3 Å². The molecule has 1 amide bonds. The highest BCUT2D eigenvalue weighted by Gasteiger charge is 2.38. The molecule has 9 heteroatoms. The van der Waals surface area contributed by atoms with E-state index in [1.54, 1.807) is 6.92 Å². The van der Waals surface area contributed by atoms with Crippen LogP contribution in [0, 0.1) is 6.92 Å². The summed E-state index contributed by atoms with van der Waals surface area (Å²) in [7, 11) is 1.48. The second kappa shape index (κ2) is 7.22. The molecule has 0 aliphatic carbocycles. The van der Waals surface area contributed by atoms with Gasteiger partial charge < -0.3 is 19.5 Å². The number of halogens is 2. The zero-order valence-corrected chi connectivity index (χ0v) is 13.4. The van der Waals surface area contributed by atoms with Gasteiger partial charge in [-0.2, -0.15) is 8.78 Å². The first kappa shape index (κ1) is 17.6. The fourth-order valence-corrected chi connectivity index (χ4v) is 3.54. The van der Waals surface area contributed by atoms with Crippen molar-refractivity contribution in [2.45, 2.75) is 38.5 Å². The Morgan fingerprint density at radius 3 is 2.78 bits per heavy atom. The molecule has 0 saturated carbocycles. The van der Waals surface area contributed by atoms with Crippen molar-refractivity contribution in [1.82, 2.24) is 4.90 Å². The van der Waals surface area contributed by atoms with Crippen LogP contribution in [0.15, 0.2) is 6.07 Å². The van der Waals surface area contributed by atoms with E-state index in [0.717, 1.165) is 11.3 Å². The number of likely N-dealkylation sites (tertiary alicyclic amines) is 1. The van der Waals surface area contributed by atoms with Crippen LogP contribution in [-0.4, -0.2) is 54.3 Å². The summed E-state index contributed by atoms with van der Waals surface area (Å²) >= 11 is 1.04. The predicted molar refractivity (Wildman–Crippen MR) is 78.2 cm³/mol. The van der Waals surface area contributed by atoms with Crippen molar-refractivity contribution in [3.63, 3.8) is 0 Å². The first-order chi connectivity index (χ1) is 10.8. The van der Waals surface area contributed by atoms with Gasteiger partial charge in [0.2, 0.25) is 0 Å². The van der Waals surface area contributed by atoms with Crippen molar-refractivity contribution in [2.75, 3.05) is 13.7 Å². The number of ether oxygens (including phenoxy) is 2. The number of alkyl halides is 2. The number of methoxy groups -OCH3 is 1. The first-order valence-electron chi connectivity index (χ1n) is 6.92. The Morgan fingerprint density at radius 1 is 1.52 bits per heavy atom. The third-order valence-electron chi connectivity index (χ3n) is 3.61. The van der Waals surface area contributed by atoms with Crippen LogP contribution in [0.2, 0.25) is 0 Å². The molecule has 128 valence electrons. The van der Waals surface area contributed by atoms with Crippen LogP contribution in [0.4, 0.5) is 8.78 Å². The standard InChI is InChI=1S/C14H17F2NO5S/c1-7-3-10(22-14(15)16)12(23-7)13(20)17-6-9(21-2)4-8(17)5-11(18)19/h3,8-9,14H,4-6H2,1-2H3,(H,18,19). The van der Waals surface area contributed by atoms with Crippen LogP contribution in [0.3, 0.4) is 0 Å². The summed E-state index contributed by atoms with van der Waals surface area (Å²) in [5.74, 6) is -1.72. The Kier molecular flexibility index (Phi) is 5.53. The molecule has 1 fully saturated rings. The summed E-state index contributed by atoms with van der Waals surface area (Å²) in [5.41, 5.74) is 0. The summed E-state index contributed by atoms with van der Waals surface area (Å²) < 4.78 is 34.6. The van der Waals surface area contributed by atoms with Crippen LogP contribution in [-0.2, 0) is 9.53 Å². The van der Waals surface area contributed by atoms with Gasteiger partial charge in [0.15, 0.2) is 0 Å². The molecule has 23 heavy (non-hydrogen) atoms. The third kappa shape index (κ3) is 4.17. The zero-order valence-electron chi connectivity index (χ0n) is 12.6. The van der Waals surface area contributed by atoms with Crippen molar-refractivity contribution in [3.05, 3.63) is 15.8 Å². The van der Waals surface area contributed by atoms with Crippen LogP contribution in [0.1, 0.15) is 27.4 Å². The van der Waals surface area contributed by atoms with Gasteiger partial charge in [0, 0.05) is 24.6 Å². The molecule has 0 spiro atoms. The minimum absolute atomic E-state index is 0.0509. The quantitative estimate of drug-likeness (QED) is 0.853. The van der Waals surface area contributed by atoms with Gasteiger partial charge in [0.05, 0.1) is 12.5 Å². The molecule has 0 radical (unpaired) electrons. The van der Waals surface area contributed by atoms with E-state index in [0.29, 0.717) is 11.3 Å². The number of hydrogen-bond donors (Lipinski definition) is 1. The number of aryl methyl sites for hydroxylation is 1. The molecule has 1 aliphatic rings. The van der Waals surface area contributed by atoms with Crippen molar-refractivity contribution >= 4 is 23.2 Å². The summed E-state index contributed by atoms with van der Waals surface area (Å²) in [6.07, 6.45) is -0.103. The van der Waals surface area contributed by atoms with E-state index in [4.69, 9.17) is 9.84 Å². The smallest absolute Gasteiger partial charge is 0.387 e. The topological polar surface area (TPSA) is 76.1 Å². The molecule has 2 unspecified atom stereocenters. The van der Waals surface area contributed by atoms with Crippen molar-refractivity contribution in [3.8, 4) is 5.75 Å². The zero-order chi connectivity index (χ0) is 17.1. The molecule has 0 bridgehead atoms. The Balaban J connectivity index is 2.25. The summed E-state index contributed by atoms with van der Waals surface area (Å²) in [4.78, 5) is 25.7. The second-order valence-electron chi connectivity index (χ2n) is 5.23. The minimum Gasteiger partial charge on any atom is -0.481 e. The number of aliphatic carboxylic acids is 1. The van der Waals surface area contributed by atoms with E-state index >= 15 is 0 Å². The van der Waals surface area contributed by atoms with Gasteiger partial charge in [-0.25, -0.2) is 0 Å². The number of hydrogen-bond acceptors (Lipinski definition) is 5. The molecule has 1 N–H and O–H groups in total. The molecule has 6 nitrogen and oxygen atoms in total.